The second-order valence-electron chi connectivity index (χ2n) is 8.49. The molecule has 140 valence electrons. The fraction of sp³-hybridized carbons (Fsp3) is 0.320. The summed E-state index contributed by atoms with van der Waals surface area (Å²) in [6, 6.07) is 16.7. The Morgan fingerprint density at radius 3 is 2.46 bits per heavy atom. The first kappa shape index (κ1) is 16.2. The highest BCUT2D eigenvalue weighted by molar-refractivity contribution is 6.01. The third kappa shape index (κ3) is 1.82. The molecule has 4 aliphatic rings. The molecule has 1 saturated heterocycles. The Hall–Kier alpha value is -2.81. The number of allylic oxidation sites excluding steroid dienone is 2. The summed E-state index contributed by atoms with van der Waals surface area (Å²) in [5.41, 5.74) is 3.50. The lowest BCUT2D eigenvalue weighted by Gasteiger charge is -2.42. The van der Waals surface area contributed by atoms with Crippen LogP contribution in [0.4, 0.5) is 5.69 Å². The lowest BCUT2D eigenvalue weighted by Crippen LogP contribution is -2.52. The molecule has 7 atom stereocenters. The van der Waals surface area contributed by atoms with Crippen molar-refractivity contribution < 1.29 is 9.53 Å². The molecule has 0 spiro atoms. The predicted octanol–water partition coefficient (Wildman–Crippen LogP) is 4.55. The lowest BCUT2D eigenvalue weighted by molar-refractivity contribution is -0.121. The quantitative estimate of drug-likeness (QED) is 0.727. The van der Waals surface area contributed by atoms with Crippen LogP contribution in [0.2, 0.25) is 0 Å². The van der Waals surface area contributed by atoms with Crippen LogP contribution in [0.25, 0.3) is 0 Å². The third-order valence-corrected chi connectivity index (χ3v) is 7.45. The van der Waals surface area contributed by atoms with Crippen LogP contribution in [0.15, 0.2) is 73.8 Å². The Morgan fingerprint density at radius 1 is 0.964 bits per heavy atom. The molecule has 3 aliphatic heterocycles. The normalized spacial score (nSPS) is 36.6. The van der Waals surface area contributed by atoms with Crippen molar-refractivity contribution in [3.63, 3.8) is 0 Å². The van der Waals surface area contributed by atoms with Crippen molar-refractivity contribution in [2.24, 2.45) is 23.7 Å². The van der Waals surface area contributed by atoms with E-state index in [2.05, 4.69) is 60.5 Å². The first-order valence-corrected chi connectivity index (χ1v) is 10.2. The molecule has 0 N–H and O–H groups in total. The average molecular weight is 369 g/mol. The zero-order chi connectivity index (χ0) is 19.0. The van der Waals surface area contributed by atoms with E-state index in [0.717, 1.165) is 17.9 Å². The van der Waals surface area contributed by atoms with E-state index in [1.54, 1.807) is 0 Å². The van der Waals surface area contributed by atoms with Crippen LogP contribution in [0.3, 0.4) is 0 Å². The number of carbonyl (C=O) groups excluding carboxylic acids is 1. The van der Waals surface area contributed by atoms with E-state index in [1.807, 2.05) is 18.2 Å². The second kappa shape index (κ2) is 5.60. The zero-order valence-corrected chi connectivity index (χ0v) is 15.7. The van der Waals surface area contributed by atoms with E-state index < -0.39 is 0 Å². The number of nitrogens with zero attached hydrogens (tertiary/aromatic N) is 1. The number of fused-ring (bicyclic) bond motifs is 10. The molecular formula is C25H23NO2. The molecule has 1 saturated carbocycles. The topological polar surface area (TPSA) is 29.5 Å². The van der Waals surface area contributed by atoms with Gasteiger partial charge >= 0.3 is 0 Å². The van der Waals surface area contributed by atoms with Gasteiger partial charge in [-0.25, -0.2) is 0 Å². The van der Waals surface area contributed by atoms with Gasteiger partial charge in [-0.1, -0.05) is 48.6 Å². The minimum atomic E-state index is -0.0442. The van der Waals surface area contributed by atoms with Gasteiger partial charge in [0.1, 0.15) is 11.9 Å². The molecule has 2 aromatic carbocycles. The molecule has 0 aromatic heterocycles. The Morgan fingerprint density at radius 2 is 1.68 bits per heavy atom. The monoisotopic (exact) mass is 369 g/mol. The first-order chi connectivity index (χ1) is 13.7. The van der Waals surface area contributed by atoms with E-state index >= 15 is 0 Å². The number of benzene rings is 2. The van der Waals surface area contributed by atoms with Gasteiger partial charge in [-0.15, -0.1) is 13.2 Å². The van der Waals surface area contributed by atoms with Crippen LogP contribution in [0.5, 0.6) is 5.75 Å². The van der Waals surface area contributed by atoms with E-state index in [1.165, 1.54) is 11.1 Å². The molecular weight excluding hydrogens is 346 g/mol. The fourth-order valence-corrected chi connectivity index (χ4v) is 6.42. The third-order valence-electron chi connectivity index (χ3n) is 7.45. The van der Waals surface area contributed by atoms with Gasteiger partial charge < -0.3 is 9.64 Å². The number of ether oxygens (including phenoxy) is 1. The smallest absolute Gasteiger partial charge is 0.231 e. The van der Waals surface area contributed by atoms with Crippen LogP contribution in [0.1, 0.15) is 23.5 Å². The highest BCUT2D eigenvalue weighted by atomic mass is 16.5. The molecule has 2 fully saturated rings. The van der Waals surface area contributed by atoms with Crippen LogP contribution in [-0.4, -0.2) is 18.1 Å². The van der Waals surface area contributed by atoms with E-state index in [9.17, 15) is 4.79 Å². The first-order valence-electron chi connectivity index (χ1n) is 10.2. The maximum absolute atomic E-state index is 13.7. The van der Waals surface area contributed by atoms with Crippen molar-refractivity contribution in [2.45, 2.75) is 24.5 Å². The zero-order valence-electron chi connectivity index (χ0n) is 15.7. The van der Waals surface area contributed by atoms with Crippen LogP contribution in [0, 0.1) is 23.7 Å². The minimum Gasteiger partial charge on any atom is -0.487 e. The van der Waals surface area contributed by atoms with Gasteiger partial charge in [0, 0.05) is 17.2 Å². The molecule has 0 radical (unpaired) electrons. The number of rotatable bonds is 2. The summed E-state index contributed by atoms with van der Waals surface area (Å²) in [6.07, 6.45) is 4.95. The summed E-state index contributed by atoms with van der Waals surface area (Å²) in [7, 11) is 0. The van der Waals surface area contributed by atoms with Gasteiger partial charge in [0.25, 0.3) is 0 Å². The molecule has 3 nitrogen and oxygen atoms in total. The van der Waals surface area contributed by atoms with Gasteiger partial charge in [-0.2, -0.15) is 0 Å². The molecule has 3 heterocycles. The van der Waals surface area contributed by atoms with E-state index in [-0.39, 0.29) is 41.7 Å². The highest BCUT2D eigenvalue weighted by Gasteiger charge is 2.64. The molecule has 0 bridgehead atoms. The Kier molecular flexibility index (Phi) is 3.24. The maximum atomic E-state index is 13.7. The summed E-state index contributed by atoms with van der Waals surface area (Å²) in [4.78, 5) is 15.7. The van der Waals surface area contributed by atoms with Crippen molar-refractivity contribution in [1.82, 2.24) is 0 Å². The summed E-state index contributed by atoms with van der Waals surface area (Å²) >= 11 is 0. The average Bonchev–Trinajstić information content (AvgIpc) is 3.38. The van der Waals surface area contributed by atoms with Crippen molar-refractivity contribution in [2.75, 3.05) is 4.90 Å². The molecule has 28 heavy (non-hydrogen) atoms. The fourth-order valence-electron chi connectivity index (χ4n) is 6.42. The van der Waals surface area contributed by atoms with Crippen molar-refractivity contribution in [3.05, 3.63) is 85.0 Å². The molecule has 1 aliphatic carbocycles. The Bertz CT molecular complexity index is 1010. The summed E-state index contributed by atoms with van der Waals surface area (Å²) in [6.45, 7) is 8.13. The van der Waals surface area contributed by atoms with Gasteiger partial charge in [-0.3, -0.25) is 4.79 Å². The predicted molar refractivity (Wildman–Crippen MR) is 109 cm³/mol. The van der Waals surface area contributed by atoms with Crippen molar-refractivity contribution in [1.29, 1.82) is 0 Å². The number of hydrogen-bond acceptors (Lipinski definition) is 2. The van der Waals surface area contributed by atoms with Crippen molar-refractivity contribution in [3.8, 4) is 5.75 Å². The highest BCUT2D eigenvalue weighted by Crippen LogP contribution is 2.60. The summed E-state index contributed by atoms with van der Waals surface area (Å²) < 4.78 is 6.55. The van der Waals surface area contributed by atoms with Crippen LogP contribution < -0.4 is 9.64 Å². The summed E-state index contributed by atoms with van der Waals surface area (Å²) in [5.74, 6) is 2.08. The van der Waals surface area contributed by atoms with Crippen molar-refractivity contribution >= 4 is 11.6 Å². The number of para-hydroxylation sites is 2. The SMILES string of the molecule is C=C[C@@H]1C[C@H](C=C)[C@H]2[C@@H]1C(=O)N1c3ccccc3C3c4ccccc4OC3[C@H]21. The minimum absolute atomic E-state index is 0.0235. The number of carbonyl (C=O) groups is 1. The van der Waals surface area contributed by atoms with Gasteiger partial charge in [-0.05, 0) is 36.0 Å². The number of hydrogen-bond donors (Lipinski definition) is 0. The Balaban J connectivity index is 1.58. The van der Waals surface area contributed by atoms with Crippen LogP contribution in [-0.2, 0) is 4.79 Å². The van der Waals surface area contributed by atoms with E-state index in [4.69, 9.17) is 4.74 Å². The largest absolute Gasteiger partial charge is 0.487 e. The molecule has 1 amide bonds. The van der Waals surface area contributed by atoms with E-state index in [0.29, 0.717) is 5.92 Å². The van der Waals surface area contributed by atoms with Crippen LogP contribution >= 0.6 is 0 Å². The molecule has 6 rings (SSSR count). The number of amides is 1. The molecule has 2 unspecified atom stereocenters. The summed E-state index contributed by atoms with van der Waals surface area (Å²) in [5, 5.41) is 0. The lowest BCUT2D eigenvalue weighted by atomic mass is 9.75. The Labute approximate surface area is 165 Å². The second-order valence-corrected chi connectivity index (χ2v) is 8.49. The van der Waals surface area contributed by atoms with Gasteiger partial charge in [0.15, 0.2) is 0 Å². The maximum Gasteiger partial charge on any atom is 0.231 e. The standard InChI is InChI=1S/C25H23NO2/c1-3-14-13-15(4-2)21-20(14)23-24-22(17-10-6-8-12-19(17)28-24)16-9-5-7-11-18(16)26(23)25(21)27/h3-12,14-15,20-24H,1-2,13H2/t14-,15+,20-,21+,22?,23-,24?/m0/s1. The number of anilines is 1. The molecule has 2 aromatic rings. The molecule has 3 heteroatoms. The van der Waals surface area contributed by atoms with Gasteiger partial charge in [0.05, 0.1) is 17.9 Å². The van der Waals surface area contributed by atoms with Gasteiger partial charge in [0.2, 0.25) is 5.91 Å².